The van der Waals surface area contributed by atoms with Crippen LogP contribution in [0, 0.1) is 6.92 Å². The van der Waals surface area contributed by atoms with Crippen LogP contribution in [0.15, 0.2) is 40.9 Å². The summed E-state index contributed by atoms with van der Waals surface area (Å²) in [5.74, 6) is 0.902. The molecule has 1 aliphatic rings. The third kappa shape index (κ3) is 2.88. The van der Waals surface area contributed by atoms with E-state index in [0.717, 1.165) is 15.7 Å². The molecular weight excluding hydrogens is 334 g/mol. The summed E-state index contributed by atoms with van der Waals surface area (Å²) in [5.41, 5.74) is 2.32. The van der Waals surface area contributed by atoms with Gasteiger partial charge >= 0.3 is 0 Å². The number of hydrogen-bond acceptors (Lipinski definition) is 3. The lowest BCUT2D eigenvalue weighted by Crippen LogP contribution is -2.20. The minimum absolute atomic E-state index is 0.215. The molecule has 0 radical (unpaired) electrons. The first-order valence-corrected chi connectivity index (χ1v) is 7.40. The number of halogens is 1. The molecule has 1 aliphatic heterocycles. The summed E-state index contributed by atoms with van der Waals surface area (Å²) in [7, 11) is 0. The van der Waals surface area contributed by atoms with Gasteiger partial charge in [-0.1, -0.05) is 28.1 Å². The first kappa shape index (κ1) is 13.9. The molecule has 0 bridgehead atoms. The molecule has 0 fully saturated rings. The summed E-state index contributed by atoms with van der Waals surface area (Å²) in [6.07, 6.45) is 0. The van der Waals surface area contributed by atoms with Crippen LogP contribution in [0.4, 0.5) is 5.69 Å². The molecule has 1 amide bonds. The van der Waals surface area contributed by atoms with E-state index in [4.69, 9.17) is 9.47 Å². The van der Waals surface area contributed by atoms with E-state index in [2.05, 4.69) is 21.2 Å². The van der Waals surface area contributed by atoms with Gasteiger partial charge in [-0.15, -0.1) is 0 Å². The largest absolute Gasteiger partial charge is 0.486 e. The predicted octanol–water partition coefficient (Wildman–Crippen LogP) is 3.78. The molecule has 0 atom stereocenters. The Bertz CT molecular complexity index is 700. The monoisotopic (exact) mass is 347 g/mol. The smallest absolute Gasteiger partial charge is 0.259 e. The van der Waals surface area contributed by atoms with Crippen molar-refractivity contribution >= 4 is 27.5 Å². The molecule has 0 saturated carbocycles. The zero-order chi connectivity index (χ0) is 14.8. The van der Waals surface area contributed by atoms with Crippen molar-refractivity contribution in [3.63, 3.8) is 0 Å². The molecule has 2 aromatic rings. The number of nitrogens with one attached hydrogen (secondary N) is 1. The fourth-order valence-electron chi connectivity index (χ4n) is 2.12. The highest BCUT2D eigenvalue weighted by molar-refractivity contribution is 9.10. The summed E-state index contributed by atoms with van der Waals surface area (Å²) in [5, 5.41) is 2.87. The highest BCUT2D eigenvalue weighted by Gasteiger charge is 2.20. The summed E-state index contributed by atoms with van der Waals surface area (Å²) in [6.45, 7) is 2.95. The van der Waals surface area contributed by atoms with Crippen LogP contribution in [0.25, 0.3) is 0 Å². The number of amides is 1. The Morgan fingerprint density at radius 3 is 2.81 bits per heavy atom. The summed E-state index contributed by atoms with van der Waals surface area (Å²) >= 11 is 3.46. The summed E-state index contributed by atoms with van der Waals surface area (Å²) in [4.78, 5) is 12.4. The zero-order valence-electron chi connectivity index (χ0n) is 11.5. The van der Waals surface area contributed by atoms with Gasteiger partial charge in [0, 0.05) is 10.2 Å². The van der Waals surface area contributed by atoms with E-state index in [9.17, 15) is 4.79 Å². The number of carbonyl (C=O) groups is 1. The van der Waals surface area contributed by atoms with E-state index in [1.54, 1.807) is 18.2 Å². The average molecular weight is 348 g/mol. The van der Waals surface area contributed by atoms with Gasteiger partial charge in [-0.05, 0) is 36.8 Å². The number of fused-ring (bicyclic) bond motifs is 1. The van der Waals surface area contributed by atoms with Crippen LogP contribution in [0.2, 0.25) is 0 Å². The fourth-order valence-corrected chi connectivity index (χ4v) is 2.50. The van der Waals surface area contributed by atoms with E-state index >= 15 is 0 Å². The van der Waals surface area contributed by atoms with Gasteiger partial charge in [0.05, 0.1) is 5.56 Å². The van der Waals surface area contributed by atoms with Gasteiger partial charge in [-0.25, -0.2) is 0 Å². The second-order valence-corrected chi connectivity index (χ2v) is 5.60. The molecule has 3 rings (SSSR count). The van der Waals surface area contributed by atoms with E-state index in [1.807, 2.05) is 25.1 Å². The second-order valence-electron chi connectivity index (χ2n) is 4.75. The quantitative estimate of drug-likeness (QED) is 0.899. The number of aryl methyl sites for hydroxylation is 1. The van der Waals surface area contributed by atoms with Gasteiger partial charge in [-0.2, -0.15) is 0 Å². The van der Waals surface area contributed by atoms with Crippen LogP contribution in [0.5, 0.6) is 11.5 Å². The molecule has 108 valence electrons. The maximum Gasteiger partial charge on any atom is 0.259 e. The highest BCUT2D eigenvalue weighted by atomic mass is 79.9. The lowest BCUT2D eigenvalue weighted by atomic mass is 10.1. The number of para-hydroxylation sites is 1. The van der Waals surface area contributed by atoms with Crippen molar-refractivity contribution in [2.24, 2.45) is 0 Å². The van der Waals surface area contributed by atoms with E-state index in [-0.39, 0.29) is 5.91 Å². The highest BCUT2D eigenvalue weighted by Crippen LogP contribution is 2.34. The average Bonchev–Trinajstić information content (AvgIpc) is 2.50. The van der Waals surface area contributed by atoms with Gasteiger partial charge in [-0.3, -0.25) is 4.79 Å². The van der Waals surface area contributed by atoms with Crippen LogP contribution in [0.3, 0.4) is 0 Å². The molecule has 0 saturated heterocycles. The molecule has 0 aromatic heterocycles. The number of ether oxygens (including phenoxy) is 2. The number of carbonyl (C=O) groups excluding carboxylic acids is 1. The lowest BCUT2D eigenvalue weighted by Gasteiger charge is -2.20. The van der Waals surface area contributed by atoms with Crippen LogP contribution < -0.4 is 14.8 Å². The number of hydrogen-bond donors (Lipinski definition) is 1. The van der Waals surface area contributed by atoms with Gasteiger partial charge in [0.2, 0.25) is 0 Å². The van der Waals surface area contributed by atoms with Crippen LogP contribution in [-0.2, 0) is 0 Å². The summed E-state index contributed by atoms with van der Waals surface area (Å²) < 4.78 is 12.0. The van der Waals surface area contributed by atoms with Crippen LogP contribution in [0.1, 0.15) is 15.9 Å². The van der Waals surface area contributed by atoms with Crippen molar-refractivity contribution in [2.75, 3.05) is 18.5 Å². The van der Waals surface area contributed by atoms with Gasteiger partial charge < -0.3 is 14.8 Å². The first-order chi connectivity index (χ1) is 10.1. The second kappa shape index (κ2) is 5.77. The van der Waals surface area contributed by atoms with Gasteiger partial charge in [0.25, 0.3) is 5.91 Å². The Hall–Kier alpha value is -2.01. The normalized spacial score (nSPS) is 12.9. The minimum Gasteiger partial charge on any atom is -0.486 e. The Balaban J connectivity index is 1.87. The van der Waals surface area contributed by atoms with Crippen molar-refractivity contribution in [2.45, 2.75) is 6.92 Å². The van der Waals surface area contributed by atoms with Crippen molar-refractivity contribution in [3.05, 3.63) is 52.0 Å². The molecule has 2 aromatic carbocycles. The standard InChI is InChI=1S/C16H14BrNO3/c1-10-5-6-11(9-13(10)17)18-16(19)12-3-2-4-14-15(12)21-8-7-20-14/h2-6,9H,7-8H2,1H3,(H,18,19). The first-order valence-electron chi connectivity index (χ1n) is 6.61. The van der Waals surface area contributed by atoms with Crippen molar-refractivity contribution in [1.82, 2.24) is 0 Å². The lowest BCUT2D eigenvalue weighted by molar-refractivity contribution is 0.101. The Morgan fingerprint density at radius 2 is 2.00 bits per heavy atom. The van der Waals surface area contributed by atoms with Gasteiger partial charge in [0.1, 0.15) is 13.2 Å². The fraction of sp³-hybridized carbons (Fsp3) is 0.188. The summed E-state index contributed by atoms with van der Waals surface area (Å²) in [6, 6.07) is 11.0. The molecule has 0 aliphatic carbocycles. The van der Waals surface area contributed by atoms with Crippen LogP contribution >= 0.6 is 15.9 Å². The predicted molar refractivity (Wildman–Crippen MR) is 84.3 cm³/mol. The van der Waals surface area contributed by atoms with Crippen molar-refractivity contribution in [1.29, 1.82) is 0 Å². The van der Waals surface area contributed by atoms with Gasteiger partial charge in [0.15, 0.2) is 11.5 Å². The maximum absolute atomic E-state index is 12.4. The Kier molecular flexibility index (Phi) is 3.84. The molecule has 0 spiro atoms. The van der Waals surface area contributed by atoms with E-state index < -0.39 is 0 Å². The molecule has 0 unspecified atom stereocenters. The Labute approximate surface area is 131 Å². The maximum atomic E-state index is 12.4. The van der Waals surface area contributed by atoms with E-state index in [0.29, 0.717) is 30.3 Å². The molecule has 4 nitrogen and oxygen atoms in total. The van der Waals surface area contributed by atoms with Crippen LogP contribution in [-0.4, -0.2) is 19.1 Å². The molecule has 1 heterocycles. The molecule has 1 N–H and O–H groups in total. The van der Waals surface area contributed by atoms with Crippen molar-refractivity contribution < 1.29 is 14.3 Å². The SMILES string of the molecule is Cc1ccc(NC(=O)c2cccc3c2OCCO3)cc1Br. The zero-order valence-corrected chi connectivity index (χ0v) is 13.1. The Morgan fingerprint density at radius 1 is 1.19 bits per heavy atom. The van der Waals surface area contributed by atoms with Crippen molar-refractivity contribution in [3.8, 4) is 11.5 Å². The number of rotatable bonds is 2. The minimum atomic E-state index is -0.215. The van der Waals surface area contributed by atoms with E-state index in [1.165, 1.54) is 0 Å². The number of benzene rings is 2. The third-order valence-electron chi connectivity index (χ3n) is 3.24. The molecule has 5 heteroatoms. The topological polar surface area (TPSA) is 47.6 Å². The molecule has 21 heavy (non-hydrogen) atoms. The third-order valence-corrected chi connectivity index (χ3v) is 4.09. The number of anilines is 1. The molecular formula is C16H14BrNO3.